The molecule has 25 heavy (non-hydrogen) atoms. The number of halogens is 2. The lowest BCUT2D eigenvalue weighted by Crippen LogP contribution is -2.18. The van der Waals surface area contributed by atoms with Crippen LogP contribution in [0.5, 0.6) is 0 Å². The van der Waals surface area contributed by atoms with Gasteiger partial charge in [-0.25, -0.2) is 9.82 Å². The van der Waals surface area contributed by atoms with Gasteiger partial charge >= 0.3 is 0 Å². The number of amides is 1. The minimum absolute atomic E-state index is 0.264. The second-order valence-electron chi connectivity index (χ2n) is 5.40. The topological polar surface area (TPSA) is 70.1 Å². The van der Waals surface area contributed by atoms with Crippen molar-refractivity contribution < 1.29 is 9.18 Å². The van der Waals surface area contributed by atoms with Crippen LogP contribution in [0.25, 0.3) is 11.3 Å². The molecule has 2 N–H and O–H groups in total. The zero-order chi connectivity index (χ0) is 17.8. The SMILES string of the molecule is Cc1ccc(-c2cc(C(=O)N/N=C\c3cc(Br)ccc3F)[nH]n2)cc1. The van der Waals surface area contributed by atoms with Crippen molar-refractivity contribution in [3.05, 3.63) is 75.6 Å². The van der Waals surface area contributed by atoms with Gasteiger partial charge in [0.25, 0.3) is 5.91 Å². The molecule has 0 bridgehead atoms. The molecule has 7 heteroatoms. The van der Waals surface area contributed by atoms with Crippen molar-refractivity contribution in [3.63, 3.8) is 0 Å². The number of H-pyrrole nitrogens is 1. The largest absolute Gasteiger partial charge is 0.289 e. The first-order valence-corrected chi connectivity index (χ1v) is 8.23. The highest BCUT2D eigenvalue weighted by Gasteiger charge is 2.10. The number of benzene rings is 2. The second-order valence-corrected chi connectivity index (χ2v) is 6.31. The number of hydrogen-bond donors (Lipinski definition) is 2. The highest BCUT2D eigenvalue weighted by Crippen LogP contribution is 2.18. The van der Waals surface area contributed by atoms with Gasteiger partial charge in [-0.2, -0.15) is 10.2 Å². The Balaban J connectivity index is 1.69. The maximum absolute atomic E-state index is 13.6. The van der Waals surface area contributed by atoms with Crippen molar-refractivity contribution in [1.29, 1.82) is 0 Å². The van der Waals surface area contributed by atoms with Crippen LogP contribution in [0.4, 0.5) is 4.39 Å². The molecule has 0 aliphatic heterocycles. The fourth-order valence-electron chi connectivity index (χ4n) is 2.14. The summed E-state index contributed by atoms with van der Waals surface area (Å²) < 4.78 is 14.3. The normalized spacial score (nSPS) is 11.0. The van der Waals surface area contributed by atoms with Crippen LogP contribution in [-0.2, 0) is 0 Å². The fourth-order valence-corrected chi connectivity index (χ4v) is 2.52. The standard InChI is InChI=1S/C18H14BrFN4O/c1-11-2-4-12(5-3-11)16-9-17(23-22-16)18(25)24-21-10-13-8-14(19)6-7-15(13)20/h2-10H,1H3,(H,22,23)(H,24,25)/b21-10-. The third-order valence-corrected chi connectivity index (χ3v) is 3.99. The minimum atomic E-state index is -0.461. The first-order chi connectivity index (χ1) is 12.0. The van der Waals surface area contributed by atoms with Gasteiger partial charge in [-0.15, -0.1) is 0 Å². The lowest BCUT2D eigenvalue weighted by atomic mass is 10.1. The summed E-state index contributed by atoms with van der Waals surface area (Å²) in [5.41, 5.74) is 5.58. The van der Waals surface area contributed by atoms with Gasteiger partial charge in [0.1, 0.15) is 11.5 Å². The number of aryl methyl sites for hydroxylation is 1. The molecule has 0 spiro atoms. The van der Waals surface area contributed by atoms with E-state index in [4.69, 9.17) is 0 Å². The van der Waals surface area contributed by atoms with Crippen LogP contribution in [0.1, 0.15) is 21.6 Å². The van der Waals surface area contributed by atoms with E-state index in [1.54, 1.807) is 18.2 Å². The lowest BCUT2D eigenvalue weighted by Gasteiger charge is -1.98. The molecule has 0 radical (unpaired) electrons. The molecule has 2 aromatic carbocycles. The zero-order valence-electron chi connectivity index (χ0n) is 13.3. The number of aromatic nitrogens is 2. The van der Waals surface area contributed by atoms with Crippen LogP contribution < -0.4 is 5.43 Å². The van der Waals surface area contributed by atoms with E-state index in [2.05, 4.69) is 36.7 Å². The summed E-state index contributed by atoms with van der Waals surface area (Å²) in [4.78, 5) is 12.1. The van der Waals surface area contributed by atoms with Gasteiger partial charge in [0, 0.05) is 15.6 Å². The van der Waals surface area contributed by atoms with Crippen molar-refractivity contribution in [1.82, 2.24) is 15.6 Å². The quantitative estimate of drug-likeness (QED) is 0.512. The Labute approximate surface area is 152 Å². The van der Waals surface area contributed by atoms with Crippen molar-refractivity contribution in [3.8, 4) is 11.3 Å². The predicted octanol–water partition coefficient (Wildman–Crippen LogP) is 4.05. The van der Waals surface area contributed by atoms with Crippen LogP contribution in [-0.4, -0.2) is 22.3 Å². The van der Waals surface area contributed by atoms with Crippen molar-refractivity contribution in [2.24, 2.45) is 5.10 Å². The highest BCUT2D eigenvalue weighted by atomic mass is 79.9. The molecule has 0 saturated carbocycles. The van der Waals surface area contributed by atoms with Gasteiger partial charge < -0.3 is 0 Å². The number of nitrogens with zero attached hydrogens (tertiary/aromatic N) is 2. The molecule has 3 aromatic rings. The molecule has 1 amide bonds. The molecule has 0 aliphatic carbocycles. The van der Waals surface area contributed by atoms with Gasteiger partial charge in [-0.1, -0.05) is 45.8 Å². The van der Waals surface area contributed by atoms with Gasteiger partial charge in [-0.3, -0.25) is 9.89 Å². The van der Waals surface area contributed by atoms with E-state index in [1.165, 1.54) is 12.3 Å². The molecule has 0 saturated heterocycles. The van der Waals surface area contributed by atoms with Crippen LogP contribution in [0.15, 0.2) is 58.1 Å². The van der Waals surface area contributed by atoms with Crippen LogP contribution in [0.3, 0.4) is 0 Å². The third-order valence-electron chi connectivity index (χ3n) is 3.50. The Morgan fingerprint density at radius 3 is 2.76 bits per heavy atom. The summed E-state index contributed by atoms with van der Waals surface area (Å²) in [6.45, 7) is 2.00. The molecule has 0 atom stereocenters. The Morgan fingerprint density at radius 1 is 1.24 bits per heavy atom. The average Bonchev–Trinajstić information content (AvgIpc) is 3.08. The van der Waals surface area contributed by atoms with Crippen LogP contribution in [0.2, 0.25) is 0 Å². The van der Waals surface area contributed by atoms with Gasteiger partial charge in [-0.05, 0) is 31.2 Å². The summed E-state index contributed by atoms with van der Waals surface area (Å²) in [5, 5.41) is 10.6. The van der Waals surface area contributed by atoms with Gasteiger partial charge in [0.2, 0.25) is 0 Å². The Kier molecular flexibility index (Phi) is 5.04. The Bertz CT molecular complexity index is 935. The smallest absolute Gasteiger partial charge is 0.272 e. The van der Waals surface area contributed by atoms with Crippen molar-refractivity contribution >= 4 is 28.1 Å². The van der Waals surface area contributed by atoms with E-state index in [0.29, 0.717) is 5.69 Å². The molecule has 1 heterocycles. The van der Waals surface area contributed by atoms with E-state index in [0.717, 1.165) is 15.6 Å². The predicted molar refractivity (Wildman–Crippen MR) is 97.9 cm³/mol. The molecule has 0 aliphatic rings. The molecule has 126 valence electrons. The number of rotatable bonds is 4. The lowest BCUT2D eigenvalue weighted by molar-refractivity contribution is 0.0950. The molecule has 0 fully saturated rings. The fraction of sp³-hybridized carbons (Fsp3) is 0.0556. The van der Waals surface area contributed by atoms with E-state index in [9.17, 15) is 9.18 Å². The number of hydrazone groups is 1. The summed E-state index contributed by atoms with van der Waals surface area (Å²) in [6, 6.07) is 13.9. The summed E-state index contributed by atoms with van der Waals surface area (Å²) >= 11 is 3.25. The van der Waals surface area contributed by atoms with E-state index >= 15 is 0 Å². The highest BCUT2D eigenvalue weighted by molar-refractivity contribution is 9.10. The van der Waals surface area contributed by atoms with E-state index in [1.807, 2.05) is 31.2 Å². The Hall–Kier alpha value is -2.80. The number of nitrogens with one attached hydrogen (secondary N) is 2. The summed E-state index contributed by atoms with van der Waals surface area (Å²) in [7, 11) is 0. The number of hydrogen-bond acceptors (Lipinski definition) is 3. The number of carbonyl (C=O) groups excluding carboxylic acids is 1. The van der Waals surface area contributed by atoms with Crippen LogP contribution >= 0.6 is 15.9 Å². The molecular weight excluding hydrogens is 387 g/mol. The summed E-state index contributed by atoms with van der Waals surface area (Å²) in [6.07, 6.45) is 1.25. The third kappa shape index (κ3) is 4.19. The first kappa shape index (κ1) is 17.0. The second kappa shape index (κ2) is 7.40. The van der Waals surface area contributed by atoms with E-state index < -0.39 is 11.7 Å². The molecule has 3 rings (SSSR count). The van der Waals surface area contributed by atoms with Crippen molar-refractivity contribution in [2.45, 2.75) is 6.92 Å². The Morgan fingerprint density at radius 2 is 2.00 bits per heavy atom. The number of carbonyl (C=O) groups is 1. The van der Waals surface area contributed by atoms with Crippen molar-refractivity contribution in [2.75, 3.05) is 0 Å². The monoisotopic (exact) mass is 400 g/mol. The first-order valence-electron chi connectivity index (χ1n) is 7.44. The molecule has 5 nitrogen and oxygen atoms in total. The molecule has 1 aromatic heterocycles. The van der Waals surface area contributed by atoms with E-state index in [-0.39, 0.29) is 11.3 Å². The zero-order valence-corrected chi connectivity index (χ0v) is 14.8. The average molecular weight is 401 g/mol. The maximum atomic E-state index is 13.6. The minimum Gasteiger partial charge on any atom is -0.272 e. The van der Waals surface area contributed by atoms with Gasteiger partial charge in [0.15, 0.2) is 0 Å². The molecule has 0 unspecified atom stereocenters. The van der Waals surface area contributed by atoms with Crippen LogP contribution in [0, 0.1) is 12.7 Å². The van der Waals surface area contributed by atoms with Gasteiger partial charge in [0.05, 0.1) is 11.9 Å². The number of aromatic amines is 1. The molecular formula is C18H14BrFN4O. The summed E-state index contributed by atoms with van der Waals surface area (Å²) in [5.74, 6) is -0.887. The maximum Gasteiger partial charge on any atom is 0.289 e.